The third-order valence-corrected chi connectivity index (χ3v) is 6.76. The molecule has 4 heteroatoms. The molecule has 1 aromatic heterocycles. The quantitative estimate of drug-likeness (QED) is 0.723. The summed E-state index contributed by atoms with van der Waals surface area (Å²) in [5, 5.41) is 6.87. The molecule has 1 N–H and O–H groups in total. The molecule has 0 bridgehead atoms. The second-order valence-electron chi connectivity index (χ2n) is 8.02. The van der Waals surface area contributed by atoms with Gasteiger partial charge in [-0.25, -0.2) is 0 Å². The molecule has 28 heavy (non-hydrogen) atoms. The number of amides is 1. The van der Waals surface area contributed by atoms with Gasteiger partial charge in [0.15, 0.2) is 0 Å². The molecule has 4 heterocycles. The Morgan fingerprint density at radius 2 is 1.96 bits per heavy atom. The largest absolute Gasteiger partial charge is 0.355 e. The van der Waals surface area contributed by atoms with E-state index in [1.807, 2.05) is 0 Å². The number of rotatable bonds is 0. The van der Waals surface area contributed by atoms with Crippen molar-refractivity contribution >= 4 is 34.1 Å². The number of nitrogens with zero attached hydrogens (tertiary/aromatic N) is 2. The fourth-order valence-corrected chi connectivity index (χ4v) is 5.70. The molecule has 0 fully saturated rings. The molecule has 1 atom stereocenters. The average Bonchev–Trinajstić information content (AvgIpc) is 3.34. The minimum Gasteiger partial charge on any atom is -0.355 e. The van der Waals surface area contributed by atoms with Gasteiger partial charge in [0.05, 0.1) is 22.8 Å². The third-order valence-electron chi connectivity index (χ3n) is 6.76. The van der Waals surface area contributed by atoms with Gasteiger partial charge in [0, 0.05) is 35.6 Å². The molecule has 2 aromatic rings. The minimum atomic E-state index is 0.0774. The molecular formula is C24H19N3O. The van der Waals surface area contributed by atoms with Crippen LogP contribution in [0.1, 0.15) is 21.5 Å². The Balaban J connectivity index is 1.79. The van der Waals surface area contributed by atoms with Gasteiger partial charge in [0.1, 0.15) is 0 Å². The summed E-state index contributed by atoms with van der Waals surface area (Å²) in [5.74, 6) is 0.0774. The molecule has 1 amide bonds. The predicted octanol–water partition coefficient (Wildman–Crippen LogP) is 1.81. The van der Waals surface area contributed by atoms with E-state index in [1.165, 1.54) is 38.6 Å². The first-order valence-electron chi connectivity index (χ1n) is 10.0. The molecule has 2 aliphatic carbocycles. The summed E-state index contributed by atoms with van der Waals surface area (Å²) in [5.41, 5.74) is 7.28. The van der Waals surface area contributed by atoms with E-state index in [9.17, 15) is 4.79 Å². The summed E-state index contributed by atoms with van der Waals surface area (Å²) >= 11 is 0. The van der Waals surface area contributed by atoms with Crippen LogP contribution in [0.25, 0.3) is 22.6 Å². The molecule has 0 radical (unpaired) electrons. The Morgan fingerprint density at radius 3 is 2.93 bits per heavy atom. The molecule has 4 nitrogen and oxygen atoms in total. The van der Waals surface area contributed by atoms with Crippen molar-refractivity contribution in [2.24, 2.45) is 0 Å². The van der Waals surface area contributed by atoms with Crippen molar-refractivity contribution in [1.29, 1.82) is 0 Å². The number of fused-ring (bicyclic) bond motifs is 8. The summed E-state index contributed by atoms with van der Waals surface area (Å²) in [7, 11) is 0. The smallest absolute Gasteiger partial charge is 0.252 e. The van der Waals surface area contributed by atoms with Crippen LogP contribution in [0.5, 0.6) is 0 Å². The van der Waals surface area contributed by atoms with Crippen molar-refractivity contribution < 1.29 is 4.79 Å². The second-order valence-corrected chi connectivity index (χ2v) is 8.02. The molecule has 7 rings (SSSR count). The van der Waals surface area contributed by atoms with Crippen LogP contribution in [-0.2, 0) is 19.5 Å². The van der Waals surface area contributed by atoms with E-state index >= 15 is 0 Å². The predicted molar refractivity (Wildman–Crippen MR) is 112 cm³/mol. The summed E-state index contributed by atoms with van der Waals surface area (Å²) in [6, 6.07) is 0.202. The van der Waals surface area contributed by atoms with E-state index in [0.717, 1.165) is 30.3 Å². The number of carbonyl (C=O) groups is 1. The van der Waals surface area contributed by atoms with Gasteiger partial charge in [-0.15, -0.1) is 0 Å². The van der Waals surface area contributed by atoms with E-state index in [4.69, 9.17) is 0 Å². The number of carbonyl (C=O) groups excluding carboxylic acids is 1. The molecule has 3 aliphatic heterocycles. The van der Waals surface area contributed by atoms with Crippen LogP contribution in [-0.4, -0.2) is 23.1 Å². The van der Waals surface area contributed by atoms with Gasteiger partial charge in [-0.1, -0.05) is 48.6 Å². The zero-order chi connectivity index (χ0) is 18.4. The van der Waals surface area contributed by atoms with E-state index in [1.54, 1.807) is 0 Å². The van der Waals surface area contributed by atoms with Crippen molar-refractivity contribution in [2.45, 2.75) is 25.6 Å². The van der Waals surface area contributed by atoms with Gasteiger partial charge in [-0.2, -0.15) is 0 Å². The van der Waals surface area contributed by atoms with Crippen LogP contribution in [0.3, 0.4) is 0 Å². The van der Waals surface area contributed by atoms with Gasteiger partial charge < -0.3 is 14.8 Å². The minimum absolute atomic E-state index is 0.0774. The number of nitrogens with one attached hydrogen (secondary N) is 1. The Kier molecular flexibility index (Phi) is 2.61. The highest BCUT2D eigenvalue weighted by atomic mass is 16.1. The SMILES string of the molecule is O=C1NCc2c1c1c3c4c2c2c(n4C/C=C\CN3C3C=CC=CC=13)=CC=CC2. The first-order valence-corrected chi connectivity index (χ1v) is 10.0. The number of aromatic nitrogens is 1. The monoisotopic (exact) mass is 365 g/mol. The van der Waals surface area contributed by atoms with Gasteiger partial charge in [0.2, 0.25) is 0 Å². The lowest BCUT2D eigenvalue weighted by Crippen LogP contribution is -2.33. The number of benzene rings is 1. The summed E-state index contributed by atoms with van der Waals surface area (Å²) in [6.07, 6.45) is 20.8. The lowest BCUT2D eigenvalue weighted by atomic mass is 9.94. The Bertz CT molecular complexity index is 1360. The normalized spacial score (nSPS) is 23.9. The Hall–Kier alpha value is -3.27. The van der Waals surface area contributed by atoms with Crippen molar-refractivity contribution in [1.82, 2.24) is 9.88 Å². The lowest BCUT2D eigenvalue weighted by molar-refractivity contribution is 0.0965. The first kappa shape index (κ1) is 14.7. The standard InChI is InChI=1S/C24H19N3O/c28-24-21-16(13-25-24)19-14-7-1-3-9-17(14)26-11-5-6-12-27-18-10-4-2-8-15(18)20(21)23(27)22(19)26/h1-6,8-10,18H,7,11-13H2,(H,25,28)/b6-5-. The van der Waals surface area contributed by atoms with Crippen LogP contribution in [0.2, 0.25) is 0 Å². The van der Waals surface area contributed by atoms with Gasteiger partial charge in [-0.3, -0.25) is 4.79 Å². The number of hydrogen-bond acceptors (Lipinski definition) is 2. The van der Waals surface area contributed by atoms with Gasteiger partial charge in [0.25, 0.3) is 5.91 Å². The van der Waals surface area contributed by atoms with Crippen LogP contribution < -0.4 is 20.8 Å². The van der Waals surface area contributed by atoms with Crippen LogP contribution in [0, 0.1) is 0 Å². The highest BCUT2D eigenvalue weighted by Crippen LogP contribution is 2.40. The van der Waals surface area contributed by atoms with E-state index in [2.05, 4.69) is 69.5 Å². The molecule has 1 unspecified atom stereocenters. The zero-order valence-corrected chi connectivity index (χ0v) is 15.4. The Morgan fingerprint density at radius 1 is 1.04 bits per heavy atom. The summed E-state index contributed by atoms with van der Waals surface area (Å²) < 4.78 is 2.46. The molecule has 0 saturated carbocycles. The van der Waals surface area contributed by atoms with Crippen LogP contribution >= 0.6 is 0 Å². The van der Waals surface area contributed by atoms with Gasteiger partial charge in [-0.05, 0) is 29.2 Å². The fourth-order valence-electron chi connectivity index (χ4n) is 5.70. The fraction of sp³-hybridized carbons (Fsp3) is 0.208. The number of allylic oxidation sites excluding steroid dienone is 5. The molecular weight excluding hydrogens is 346 g/mol. The highest BCUT2D eigenvalue weighted by molar-refractivity contribution is 6.12. The van der Waals surface area contributed by atoms with E-state index in [0.29, 0.717) is 6.54 Å². The molecule has 5 aliphatic rings. The zero-order valence-electron chi connectivity index (χ0n) is 15.4. The Labute approximate surface area is 162 Å². The highest BCUT2D eigenvalue weighted by Gasteiger charge is 2.38. The van der Waals surface area contributed by atoms with Crippen molar-refractivity contribution in [3.8, 4) is 0 Å². The number of anilines is 1. The van der Waals surface area contributed by atoms with Gasteiger partial charge >= 0.3 is 0 Å². The lowest BCUT2D eigenvalue weighted by Gasteiger charge is -2.29. The molecule has 0 spiro atoms. The van der Waals surface area contributed by atoms with Crippen molar-refractivity contribution in [2.75, 3.05) is 11.4 Å². The maximum absolute atomic E-state index is 13.0. The molecule has 1 aromatic carbocycles. The maximum atomic E-state index is 13.0. The number of hydrogen-bond donors (Lipinski definition) is 1. The maximum Gasteiger partial charge on any atom is 0.252 e. The van der Waals surface area contributed by atoms with Crippen molar-refractivity contribution in [3.63, 3.8) is 0 Å². The third kappa shape index (κ3) is 1.57. The van der Waals surface area contributed by atoms with E-state index < -0.39 is 0 Å². The second kappa shape index (κ2) is 4.96. The first-order chi connectivity index (χ1) is 13.8. The van der Waals surface area contributed by atoms with Crippen molar-refractivity contribution in [3.05, 3.63) is 75.9 Å². The summed E-state index contributed by atoms with van der Waals surface area (Å²) in [6.45, 7) is 2.38. The molecule has 136 valence electrons. The van der Waals surface area contributed by atoms with Crippen LogP contribution in [0.4, 0.5) is 5.69 Å². The molecule has 0 saturated heterocycles. The van der Waals surface area contributed by atoms with Crippen LogP contribution in [0.15, 0.2) is 48.6 Å². The summed E-state index contributed by atoms with van der Waals surface area (Å²) in [4.78, 5) is 15.4. The van der Waals surface area contributed by atoms with E-state index in [-0.39, 0.29) is 11.9 Å². The average molecular weight is 365 g/mol. The topological polar surface area (TPSA) is 37.3 Å².